The highest BCUT2D eigenvalue weighted by molar-refractivity contribution is 5.71. The van der Waals surface area contributed by atoms with Crippen LogP contribution in [0.2, 0.25) is 0 Å². The van der Waals surface area contributed by atoms with Crippen molar-refractivity contribution in [1.82, 2.24) is 0 Å². The van der Waals surface area contributed by atoms with Gasteiger partial charge in [0.05, 0.1) is 0 Å². The molecule has 80 heavy (non-hydrogen) atoms. The first-order valence-electron chi connectivity index (χ1n) is 32.8. The van der Waals surface area contributed by atoms with E-state index in [2.05, 4.69) is 167 Å². The molecule has 0 amide bonds. The Morgan fingerprint density at radius 3 is 0.825 bits per heavy atom. The van der Waals surface area contributed by atoms with Gasteiger partial charge in [-0.05, 0) is 141 Å². The Labute approximate surface area is 493 Å². The van der Waals surface area contributed by atoms with Crippen molar-refractivity contribution in [3.05, 3.63) is 146 Å². The zero-order chi connectivity index (χ0) is 57.8. The number of hydrogen-bond donors (Lipinski definition) is 0. The molecule has 0 aliphatic carbocycles. The number of unbranched alkanes of at least 4 members (excludes halogenated alkanes) is 23. The highest BCUT2D eigenvalue weighted by Gasteiger charge is 2.19. The van der Waals surface area contributed by atoms with Gasteiger partial charge >= 0.3 is 17.9 Å². The normalized spacial score (nSPS) is 13.1. The van der Waals surface area contributed by atoms with Gasteiger partial charge in [0, 0.05) is 19.3 Å². The second-order valence-electron chi connectivity index (χ2n) is 21.3. The zero-order valence-electron chi connectivity index (χ0n) is 51.8. The molecule has 1 atom stereocenters. The molecule has 0 spiro atoms. The molecule has 0 saturated carbocycles. The molecular formula is C74H120O6. The van der Waals surface area contributed by atoms with Crippen molar-refractivity contribution in [1.29, 1.82) is 0 Å². The van der Waals surface area contributed by atoms with Crippen LogP contribution in [-0.4, -0.2) is 37.2 Å². The third-order valence-corrected chi connectivity index (χ3v) is 13.5. The van der Waals surface area contributed by atoms with Crippen molar-refractivity contribution in [3.8, 4) is 0 Å². The lowest BCUT2D eigenvalue weighted by Gasteiger charge is -2.18. The summed E-state index contributed by atoms with van der Waals surface area (Å²) in [5.41, 5.74) is 0. The van der Waals surface area contributed by atoms with Gasteiger partial charge in [-0.1, -0.05) is 269 Å². The van der Waals surface area contributed by atoms with E-state index in [9.17, 15) is 14.4 Å². The van der Waals surface area contributed by atoms with Crippen LogP contribution in [0.5, 0.6) is 0 Å². The number of ether oxygens (including phenoxy) is 3. The van der Waals surface area contributed by atoms with E-state index in [4.69, 9.17) is 14.2 Å². The summed E-state index contributed by atoms with van der Waals surface area (Å²) in [6, 6.07) is 0. The quantitative estimate of drug-likeness (QED) is 0.0261. The van der Waals surface area contributed by atoms with Gasteiger partial charge in [-0.25, -0.2) is 0 Å². The van der Waals surface area contributed by atoms with Gasteiger partial charge in [0.15, 0.2) is 6.10 Å². The van der Waals surface area contributed by atoms with Gasteiger partial charge in [0.1, 0.15) is 13.2 Å². The first kappa shape index (κ1) is 75.3. The van der Waals surface area contributed by atoms with Crippen LogP contribution in [-0.2, 0) is 28.6 Å². The van der Waals surface area contributed by atoms with E-state index in [-0.39, 0.29) is 31.1 Å². The van der Waals surface area contributed by atoms with E-state index in [0.29, 0.717) is 19.3 Å². The van der Waals surface area contributed by atoms with E-state index in [1.165, 1.54) is 83.5 Å². The molecule has 0 aromatic carbocycles. The second kappa shape index (κ2) is 66.8. The lowest BCUT2D eigenvalue weighted by Crippen LogP contribution is -2.30. The molecule has 0 saturated heterocycles. The molecule has 6 nitrogen and oxygen atoms in total. The fourth-order valence-electron chi connectivity index (χ4n) is 8.64. The smallest absolute Gasteiger partial charge is 0.306 e. The largest absolute Gasteiger partial charge is 0.462 e. The average molecular weight is 1110 g/mol. The molecule has 0 radical (unpaired) electrons. The van der Waals surface area contributed by atoms with Crippen LogP contribution in [0.15, 0.2) is 146 Å². The van der Waals surface area contributed by atoms with Crippen molar-refractivity contribution in [3.63, 3.8) is 0 Å². The minimum absolute atomic E-state index is 0.0941. The number of esters is 3. The third-order valence-electron chi connectivity index (χ3n) is 13.5. The fraction of sp³-hybridized carbons (Fsp3) is 0.635. The molecule has 0 aliphatic heterocycles. The fourth-order valence-corrected chi connectivity index (χ4v) is 8.64. The highest BCUT2D eigenvalue weighted by Crippen LogP contribution is 2.15. The maximum absolute atomic E-state index is 12.9. The van der Waals surface area contributed by atoms with Crippen LogP contribution in [0, 0.1) is 0 Å². The van der Waals surface area contributed by atoms with Crippen LogP contribution in [0.4, 0.5) is 0 Å². The number of rotatable bonds is 58. The summed E-state index contributed by atoms with van der Waals surface area (Å²) in [6.45, 7) is 6.42. The molecule has 0 N–H and O–H groups in total. The van der Waals surface area contributed by atoms with E-state index in [1.54, 1.807) is 0 Å². The Kier molecular flexibility index (Phi) is 62.9. The number of hydrogen-bond acceptors (Lipinski definition) is 6. The molecule has 1 unspecified atom stereocenters. The van der Waals surface area contributed by atoms with Gasteiger partial charge in [0.25, 0.3) is 0 Å². The maximum Gasteiger partial charge on any atom is 0.306 e. The van der Waals surface area contributed by atoms with E-state index in [0.717, 1.165) is 161 Å². The second-order valence-corrected chi connectivity index (χ2v) is 21.3. The van der Waals surface area contributed by atoms with Crippen LogP contribution in [0.25, 0.3) is 0 Å². The number of allylic oxidation sites excluding steroid dienone is 24. The van der Waals surface area contributed by atoms with Crippen molar-refractivity contribution in [2.45, 2.75) is 290 Å². The summed E-state index contributed by atoms with van der Waals surface area (Å²) in [5.74, 6) is -0.928. The van der Waals surface area contributed by atoms with E-state index < -0.39 is 6.10 Å². The Bertz CT molecular complexity index is 1750. The molecule has 0 heterocycles. The minimum atomic E-state index is -0.797. The van der Waals surface area contributed by atoms with Crippen molar-refractivity contribution >= 4 is 17.9 Å². The lowest BCUT2D eigenvalue weighted by atomic mass is 10.1. The van der Waals surface area contributed by atoms with Gasteiger partial charge in [-0.3, -0.25) is 14.4 Å². The van der Waals surface area contributed by atoms with Gasteiger partial charge in [-0.15, -0.1) is 0 Å². The Hall–Kier alpha value is -4.71. The Morgan fingerprint density at radius 2 is 0.512 bits per heavy atom. The van der Waals surface area contributed by atoms with Crippen LogP contribution in [0.3, 0.4) is 0 Å². The summed E-state index contributed by atoms with van der Waals surface area (Å²) in [7, 11) is 0. The average Bonchev–Trinajstić information content (AvgIpc) is 3.46. The molecule has 0 fully saturated rings. The molecular weight excluding hydrogens is 985 g/mol. The van der Waals surface area contributed by atoms with Crippen LogP contribution >= 0.6 is 0 Å². The van der Waals surface area contributed by atoms with Gasteiger partial charge in [0.2, 0.25) is 0 Å². The Morgan fingerprint density at radius 1 is 0.263 bits per heavy atom. The first-order valence-corrected chi connectivity index (χ1v) is 32.8. The summed E-state index contributed by atoms with van der Waals surface area (Å²) in [5, 5.41) is 0. The maximum atomic E-state index is 12.9. The summed E-state index contributed by atoms with van der Waals surface area (Å²) < 4.78 is 16.9. The summed E-state index contributed by atoms with van der Waals surface area (Å²) in [6.07, 6.45) is 95.8. The van der Waals surface area contributed by atoms with Crippen molar-refractivity contribution < 1.29 is 28.6 Å². The minimum Gasteiger partial charge on any atom is -0.462 e. The summed E-state index contributed by atoms with van der Waals surface area (Å²) >= 11 is 0. The summed E-state index contributed by atoms with van der Waals surface area (Å²) in [4.78, 5) is 38.2. The molecule has 0 aromatic rings. The SMILES string of the molecule is CC/C=C\C/C=C\C/C=C\C/C=C\C/C=C\C/C=C\C/C=C\C/C=C\C/C=C\CCCCCCCC(=O)OCC(COC(=O)CCCCCCC/C=C\CCC)OC(=O)CCCCCCCCCCC/C=C\C/C=C\CCCCC. The standard InChI is InChI=1S/C74H120O6/c1-4-7-10-13-16-19-22-24-26-28-30-31-32-33-34-35-36-37-38-39-40-41-42-43-45-46-48-50-52-55-58-61-64-67-73(76)79-70-71(69-78-72(75)66-63-60-57-54-21-18-15-12-9-6-3)80-74(77)68-65-62-59-56-53-51-49-47-44-29-27-25-23-20-17-14-11-8-5-2/h7,10,12,15-17,19-20,24-27,30-31,33-34,36-37,39-40,42-43,46,48,71H,4-6,8-9,11,13-14,18,21-23,28-29,32,35,38,41,44-45,47,49-70H2,1-3H3/b10-7-,15-12-,19-16-,20-17-,26-24-,27-25-,31-30-,34-33-,37-36-,40-39-,43-42-,48-46-. The molecule has 0 bridgehead atoms. The molecule has 0 rings (SSSR count). The number of carbonyl (C=O) groups is 3. The van der Waals surface area contributed by atoms with E-state index in [1.807, 2.05) is 0 Å². The molecule has 6 heteroatoms. The monoisotopic (exact) mass is 1100 g/mol. The van der Waals surface area contributed by atoms with Crippen LogP contribution < -0.4 is 0 Å². The van der Waals surface area contributed by atoms with Gasteiger partial charge < -0.3 is 14.2 Å². The van der Waals surface area contributed by atoms with Crippen molar-refractivity contribution in [2.75, 3.05) is 13.2 Å². The molecule has 452 valence electrons. The van der Waals surface area contributed by atoms with Crippen molar-refractivity contribution in [2.24, 2.45) is 0 Å². The lowest BCUT2D eigenvalue weighted by molar-refractivity contribution is -0.167. The highest BCUT2D eigenvalue weighted by atomic mass is 16.6. The Balaban J connectivity index is 4.29. The first-order chi connectivity index (χ1) is 39.5. The third kappa shape index (κ3) is 64.1. The predicted molar refractivity (Wildman–Crippen MR) is 348 cm³/mol. The predicted octanol–water partition coefficient (Wildman–Crippen LogP) is 22.7. The van der Waals surface area contributed by atoms with Gasteiger partial charge in [-0.2, -0.15) is 0 Å². The van der Waals surface area contributed by atoms with Crippen LogP contribution in [0.1, 0.15) is 284 Å². The topological polar surface area (TPSA) is 78.9 Å². The number of carbonyl (C=O) groups excluding carboxylic acids is 3. The molecule has 0 aliphatic rings. The molecule has 0 aromatic heterocycles. The zero-order valence-corrected chi connectivity index (χ0v) is 51.8. The van der Waals surface area contributed by atoms with E-state index >= 15 is 0 Å².